The fraction of sp³-hybridized carbons (Fsp3) is 0.350. The number of ether oxygens (including phenoxy) is 1. The molecular formula is C20H25N3O6S2. The molecule has 0 unspecified atom stereocenters. The second-order valence-corrected chi connectivity index (χ2v) is 10.6. The molecule has 11 heteroatoms. The van der Waals surface area contributed by atoms with Crippen LogP contribution < -0.4 is 10.0 Å². The van der Waals surface area contributed by atoms with Crippen LogP contribution in [0.25, 0.3) is 0 Å². The second kappa shape index (κ2) is 9.35. The molecule has 168 valence electrons. The number of carbonyl (C=O) groups is 1. The Morgan fingerprint density at radius 2 is 1.61 bits per heavy atom. The van der Waals surface area contributed by atoms with Gasteiger partial charge in [-0.3, -0.25) is 9.52 Å². The standard InChI is InChI=1S/C20H25N3O6S2/c1-3-20(24)21-16-5-4-15(2)19(14-16)22-30(25,26)17-6-8-18(9-7-17)31(27,28)23-10-12-29-13-11-23/h4-9,14,22H,3,10-13H2,1-2H3,(H,21,24). The zero-order valence-electron chi connectivity index (χ0n) is 17.3. The van der Waals surface area contributed by atoms with Gasteiger partial charge in [0.2, 0.25) is 15.9 Å². The van der Waals surface area contributed by atoms with Gasteiger partial charge in [0.15, 0.2) is 0 Å². The van der Waals surface area contributed by atoms with E-state index in [4.69, 9.17) is 4.74 Å². The van der Waals surface area contributed by atoms with Crippen molar-refractivity contribution in [2.75, 3.05) is 36.3 Å². The Kier molecular flexibility index (Phi) is 6.99. The van der Waals surface area contributed by atoms with Gasteiger partial charge in [0.25, 0.3) is 10.0 Å². The van der Waals surface area contributed by atoms with Crippen LogP contribution in [-0.4, -0.2) is 53.4 Å². The number of sulfonamides is 2. The van der Waals surface area contributed by atoms with E-state index in [-0.39, 0.29) is 28.8 Å². The lowest BCUT2D eigenvalue weighted by atomic mass is 10.2. The van der Waals surface area contributed by atoms with Crippen molar-refractivity contribution in [2.45, 2.75) is 30.1 Å². The van der Waals surface area contributed by atoms with Crippen molar-refractivity contribution in [3.63, 3.8) is 0 Å². The average Bonchev–Trinajstić information content (AvgIpc) is 2.76. The van der Waals surface area contributed by atoms with E-state index in [1.807, 2.05) is 0 Å². The third-order valence-corrected chi connectivity index (χ3v) is 8.12. The summed E-state index contributed by atoms with van der Waals surface area (Å²) >= 11 is 0. The highest BCUT2D eigenvalue weighted by molar-refractivity contribution is 7.92. The maximum Gasteiger partial charge on any atom is 0.261 e. The summed E-state index contributed by atoms with van der Waals surface area (Å²) in [5.74, 6) is -0.185. The van der Waals surface area contributed by atoms with Crippen molar-refractivity contribution in [3.8, 4) is 0 Å². The predicted molar refractivity (Wildman–Crippen MR) is 117 cm³/mol. The van der Waals surface area contributed by atoms with Gasteiger partial charge in [-0.15, -0.1) is 0 Å². The number of hydrogen-bond donors (Lipinski definition) is 2. The van der Waals surface area contributed by atoms with Crippen molar-refractivity contribution >= 4 is 37.3 Å². The molecule has 1 amide bonds. The Balaban J connectivity index is 1.81. The number of amides is 1. The van der Waals surface area contributed by atoms with Crippen LogP contribution in [0, 0.1) is 6.92 Å². The van der Waals surface area contributed by atoms with E-state index in [1.165, 1.54) is 34.6 Å². The number of nitrogens with one attached hydrogen (secondary N) is 2. The zero-order chi connectivity index (χ0) is 22.6. The summed E-state index contributed by atoms with van der Waals surface area (Å²) in [5.41, 5.74) is 1.46. The molecule has 0 atom stereocenters. The number of rotatable bonds is 7. The molecule has 2 aromatic rings. The summed E-state index contributed by atoms with van der Waals surface area (Å²) in [6.45, 7) is 4.62. The second-order valence-electron chi connectivity index (χ2n) is 7.02. The minimum Gasteiger partial charge on any atom is -0.379 e. The Labute approximate surface area is 182 Å². The van der Waals surface area contributed by atoms with Crippen LogP contribution in [0.4, 0.5) is 11.4 Å². The van der Waals surface area contributed by atoms with Gasteiger partial charge >= 0.3 is 0 Å². The zero-order valence-corrected chi connectivity index (χ0v) is 18.9. The molecule has 1 aliphatic heterocycles. The third kappa shape index (κ3) is 5.42. The van der Waals surface area contributed by atoms with E-state index in [0.29, 0.717) is 36.6 Å². The minimum absolute atomic E-state index is 0.0220. The van der Waals surface area contributed by atoms with Crippen LogP contribution in [0.15, 0.2) is 52.3 Å². The number of carbonyl (C=O) groups excluding carboxylic acids is 1. The number of benzene rings is 2. The quantitative estimate of drug-likeness (QED) is 0.644. The minimum atomic E-state index is -3.96. The van der Waals surface area contributed by atoms with Gasteiger partial charge in [-0.05, 0) is 48.9 Å². The third-order valence-electron chi connectivity index (χ3n) is 4.83. The molecule has 1 aliphatic rings. The molecule has 1 saturated heterocycles. The van der Waals surface area contributed by atoms with Crippen molar-refractivity contribution < 1.29 is 26.4 Å². The Bertz CT molecular complexity index is 1160. The van der Waals surface area contributed by atoms with Crippen LogP contribution in [0.5, 0.6) is 0 Å². The summed E-state index contributed by atoms with van der Waals surface area (Å²) < 4.78 is 60.1. The van der Waals surface area contributed by atoms with Crippen molar-refractivity contribution in [1.82, 2.24) is 4.31 Å². The molecule has 1 heterocycles. The van der Waals surface area contributed by atoms with Gasteiger partial charge in [-0.1, -0.05) is 13.0 Å². The van der Waals surface area contributed by atoms with E-state index in [1.54, 1.807) is 26.0 Å². The maximum atomic E-state index is 12.8. The lowest BCUT2D eigenvalue weighted by molar-refractivity contribution is -0.115. The van der Waals surface area contributed by atoms with Crippen LogP contribution in [0.1, 0.15) is 18.9 Å². The Morgan fingerprint density at radius 1 is 1.00 bits per heavy atom. The van der Waals surface area contributed by atoms with Crippen molar-refractivity contribution in [3.05, 3.63) is 48.0 Å². The summed E-state index contributed by atoms with van der Waals surface area (Å²) in [6, 6.07) is 10.0. The van der Waals surface area contributed by atoms with Crippen LogP contribution in [-0.2, 0) is 29.6 Å². The summed E-state index contributed by atoms with van der Waals surface area (Å²) in [6.07, 6.45) is 0.300. The molecule has 0 aromatic heterocycles. The molecule has 1 fully saturated rings. The van der Waals surface area contributed by atoms with Gasteiger partial charge in [-0.25, -0.2) is 16.8 Å². The Hall–Kier alpha value is -2.47. The normalized spacial score (nSPS) is 15.4. The topological polar surface area (TPSA) is 122 Å². The lowest BCUT2D eigenvalue weighted by Gasteiger charge is -2.26. The predicted octanol–water partition coefficient (Wildman–Crippen LogP) is 2.17. The number of nitrogens with zero attached hydrogens (tertiary/aromatic N) is 1. The largest absolute Gasteiger partial charge is 0.379 e. The van der Waals surface area contributed by atoms with Crippen molar-refractivity contribution in [2.24, 2.45) is 0 Å². The van der Waals surface area contributed by atoms with E-state index in [2.05, 4.69) is 10.0 Å². The number of anilines is 2. The smallest absolute Gasteiger partial charge is 0.261 e. The highest BCUT2D eigenvalue weighted by atomic mass is 32.2. The first-order valence-corrected chi connectivity index (χ1v) is 12.7. The van der Waals surface area contributed by atoms with Crippen LogP contribution in [0.3, 0.4) is 0 Å². The van der Waals surface area contributed by atoms with Crippen molar-refractivity contribution in [1.29, 1.82) is 0 Å². The van der Waals surface area contributed by atoms with Gasteiger partial charge in [0, 0.05) is 25.2 Å². The number of hydrogen-bond acceptors (Lipinski definition) is 6. The molecule has 3 rings (SSSR count). The van der Waals surface area contributed by atoms with Gasteiger partial charge in [0.1, 0.15) is 0 Å². The average molecular weight is 468 g/mol. The van der Waals surface area contributed by atoms with Gasteiger partial charge in [0.05, 0.1) is 28.7 Å². The summed E-state index contributed by atoms with van der Waals surface area (Å²) in [5, 5.41) is 2.69. The monoisotopic (exact) mass is 467 g/mol. The number of morpholine rings is 1. The van der Waals surface area contributed by atoms with E-state index in [0.717, 1.165) is 0 Å². The molecule has 2 aromatic carbocycles. The summed E-state index contributed by atoms with van der Waals surface area (Å²) in [4.78, 5) is 11.6. The van der Waals surface area contributed by atoms with Crippen LogP contribution >= 0.6 is 0 Å². The molecule has 2 N–H and O–H groups in total. The highest BCUT2D eigenvalue weighted by Gasteiger charge is 2.27. The Morgan fingerprint density at radius 3 is 2.23 bits per heavy atom. The molecule has 0 radical (unpaired) electrons. The van der Waals surface area contributed by atoms with Crippen LogP contribution in [0.2, 0.25) is 0 Å². The molecule has 0 bridgehead atoms. The molecule has 0 spiro atoms. The maximum absolute atomic E-state index is 12.8. The molecule has 9 nitrogen and oxygen atoms in total. The molecular weight excluding hydrogens is 442 g/mol. The number of aryl methyl sites for hydroxylation is 1. The fourth-order valence-corrected chi connectivity index (χ4v) is 5.52. The lowest BCUT2D eigenvalue weighted by Crippen LogP contribution is -2.40. The fourth-order valence-electron chi connectivity index (χ4n) is 2.99. The molecule has 0 saturated carbocycles. The first-order chi connectivity index (χ1) is 14.6. The SMILES string of the molecule is CCC(=O)Nc1ccc(C)c(NS(=O)(=O)c2ccc(S(=O)(=O)N3CCOCC3)cc2)c1. The first-order valence-electron chi connectivity index (χ1n) is 9.75. The summed E-state index contributed by atoms with van der Waals surface area (Å²) in [7, 11) is -7.68. The molecule has 31 heavy (non-hydrogen) atoms. The van der Waals surface area contributed by atoms with E-state index >= 15 is 0 Å². The van der Waals surface area contributed by atoms with Gasteiger partial charge < -0.3 is 10.1 Å². The highest BCUT2D eigenvalue weighted by Crippen LogP contribution is 2.25. The van der Waals surface area contributed by atoms with E-state index < -0.39 is 20.0 Å². The van der Waals surface area contributed by atoms with E-state index in [9.17, 15) is 21.6 Å². The van der Waals surface area contributed by atoms with Gasteiger partial charge in [-0.2, -0.15) is 4.31 Å². The first kappa shape index (κ1) is 23.2. The molecule has 0 aliphatic carbocycles.